The molecule has 0 radical (unpaired) electrons. The van der Waals surface area contributed by atoms with Crippen LogP contribution < -0.4 is 10.1 Å². The number of carbonyl (C=O) groups excluding carboxylic acids is 1. The summed E-state index contributed by atoms with van der Waals surface area (Å²) in [6, 6.07) is 19.6. The van der Waals surface area contributed by atoms with Crippen molar-refractivity contribution in [2.75, 3.05) is 12.4 Å². The smallest absolute Gasteiger partial charge is 0.255 e. The molecule has 3 rings (SSSR count). The van der Waals surface area contributed by atoms with Gasteiger partial charge in [-0.15, -0.1) is 10.2 Å². The van der Waals surface area contributed by atoms with Gasteiger partial charge in [-0.3, -0.25) is 4.79 Å². The summed E-state index contributed by atoms with van der Waals surface area (Å²) < 4.78 is 5.34. The van der Waals surface area contributed by atoms with Gasteiger partial charge in [-0.05, 0) is 36.4 Å². The van der Waals surface area contributed by atoms with Gasteiger partial charge >= 0.3 is 0 Å². The fourth-order valence-corrected chi connectivity index (χ4v) is 2.15. The zero-order valence-electron chi connectivity index (χ0n) is 13.6. The zero-order chi connectivity index (χ0) is 17.5. The van der Waals surface area contributed by atoms with E-state index in [0.717, 1.165) is 0 Å². The van der Waals surface area contributed by atoms with Crippen molar-refractivity contribution in [3.63, 3.8) is 0 Å². The highest BCUT2D eigenvalue weighted by Crippen LogP contribution is 2.30. The van der Waals surface area contributed by atoms with Gasteiger partial charge in [0, 0.05) is 17.8 Å². The Bertz CT molecular complexity index is 880. The number of nitrogens with zero attached hydrogens (tertiary/aromatic N) is 3. The Morgan fingerprint density at radius 1 is 1.00 bits per heavy atom. The number of ether oxygens (including phenoxy) is 1. The molecule has 2 aromatic carbocycles. The Balaban J connectivity index is 1.78. The minimum absolute atomic E-state index is 0.207. The van der Waals surface area contributed by atoms with E-state index in [0.29, 0.717) is 28.5 Å². The van der Waals surface area contributed by atoms with Crippen molar-refractivity contribution < 1.29 is 9.53 Å². The molecule has 0 spiro atoms. The number of rotatable bonds is 5. The molecule has 0 fully saturated rings. The summed E-state index contributed by atoms with van der Waals surface area (Å²) in [5.41, 5.74) is 1.73. The lowest BCUT2D eigenvalue weighted by Crippen LogP contribution is -2.12. The first kappa shape index (κ1) is 16.3. The predicted octanol–water partition coefficient (Wildman–Crippen LogP) is 4.76. The van der Waals surface area contributed by atoms with E-state index in [9.17, 15) is 4.79 Å². The quantitative estimate of drug-likeness (QED) is 0.684. The van der Waals surface area contributed by atoms with Gasteiger partial charge in [-0.2, -0.15) is 0 Å². The number of benzene rings is 2. The number of hydrogen-bond donors (Lipinski definition) is 1. The van der Waals surface area contributed by atoms with E-state index in [1.165, 1.54) is 7.11 Å². The van der Waals surface area contributed by atoms with Gasteiger partial charge < -0.3 is 10.1 Å². The molecule has 1 heterocycles. The summed E-state index contributed by atoms with van der Waals surface area (Å²) in [4.78, 5) is 16.3. The third kappa shape index (κ3) is 4.26. The average molecular weight is 332 g/mol. The Labute approximate surface area is 145 Å². The highest BCUT2D eigenvalue weighted by molar-refractivity contribution is 6.05. The van der Waals surface area contributed by atoms with E-state index in [1.807, 2.05) is 30.3 Å². The number of nitrogens with one attached hydrogen (secondary N) is 1. The lowest BCUT2D eigenvalue weighted by molar-refractivity contribution is 0.102. The zero-order valence-corrected chi connectivity index (χ0v) is 13.6. The lowest BCUT2D eigenvalue weighted by atomic mass is 10.2. The van der Waals surface area contributed by atoms with Gasteiger partial charge in [0.05, 0.1) is 18.5 Å². The van der Waals surface area contributed by atoms with Gasteiger partial charge in [0.2, 0.25) is 0 Å². The van der Waals surface area contributed by atoms with Crippen LogP contribution in [0.25, 0.3) is 0 Å². The van der Waals surface area contributed by atoms with Crippen LogP contribution in [0.15, 0.2) is 83.2 Å². The summed E-state index contributed by atoms with van der Waals surface area (Å²) in [5.74, 6) is 0.812. The van der Waals surface area contributed by atoms with Crippen LogP contribution in [0, 0.1) is 0 Å². The van der Waals surface area contributed by atoms with Crippen LogP contribution in [0.4, 0.5) is 17.2 Å². The molecule has 6 heteroatoms. The molecule has 0 bridgehead atoms. The van der Waals surface area contributed by atoms with Gasteiger partial charge in [0.15, 0.2) is 5.82 Å². The third-order valence-corrected chi connectivity index (χ3v) is 3.39. The van der Waals surface area contributed by atoms with Crippen LogP contribution in [-0.2, 0) is 0 Å². The largest absolute Gasteiger partial charge is 0.494 e. The number of pyridine rings is 1. The van der Waals surface area contributed by atoms with Crippen molar-refractivity contribution in [1.82, 2.24) is 4.98 Å². The molecule has 0 unspecified atom stereocenters. The number of aromatic nitrogens is 1. The van der Waals surface area contributed by atoms with Gasteiger partial charge in [0.1, 0.15) is 5.75 Å². The Kier molecular flexibility index (Phi) is 5.11. The first-order chi connectivity index (χ1) is 12.3. The van der Waals surface area contributed by atoms with E-state index >= 15 is 0 Å². The molecule has 0 aliphatic rings. The molecule has 6 nitrogen and oxygen atoms in total. The molecule has 124 valence electrons. The summed E-state index contributed by atoms with van der Waals surface area (Å²) in [5, 5.41) is 11.0. The molecule has 0 saturated heterocycles. The monoisotopic (exact) mass is 332 g/mol. The number of carbonyl (C=O) groups is 1. The molecule has 1 N–H and O–H groups in total. The van der Waals surface area contributed by atoms with Crippen molar-refractivity contribution in [3.05, 3.63) is 78.5 Å². The summed E-state index contributed by atoms with van der Waals surface area (Å²) in [7, 11) is 1.53. The number of azo groups is 1. The van der Waals surface area contributed by atoms with E-state index in [4.69, 9.17) is 4.74 Å². The van der Waals surface area contributed by atoms with Crippen LogP contribution in [0.2, 0.25) is 0 Å². The van der Waals surface area contributed by atoms with Gasteiger partial charge in [0.25, 0.3) is 5.91 Å². The van der Waals surface area contributed by atoms with Crippen LogP contribution >= 0.6 is 0 Å². The normalized spacial score (nSPS) is 10.6. The number of methoxy groups -OCH3 is 1. The number of hydrogen-bond acceptors (Lipinski definition) is 5. The Hall–Kier alpha value is -3.54. The molecule has 3 aromatic rings. The fraction of sp³-hybridized carbons (Fsp3) is 0.0526. The minimum Gasteiger partial charge on any atom is -0.494 e. The Morgan fingerprint density at radius 2 is 1.80 bits per heavy atom. The second-order valence-corrected chi connectivity index (χ2v) is 5.09. The molecule has 0 saturated carbocycles. The number of anilines is 1. The lowest BCUT2D eigenvalue weighted by Gasteiger charge is -2.10. The predicted molar refractivity (Wildman–Crippen MR) is 95.8 cm³/mol. The maximum atomic E-state index is 12.3. The molecule has 1 aromatic heterocycles. The molecule has 0 aliphatic carbocycles. The second kappa shape index (κ2) is 7.83. The molecule has 1 amide bonds. The van der Waals surface area contributed by atoms with Gasteiger partial charge in [-0.25, -0.2) is 4.98 Å². The fourth-order valence-electron chi connectivity index (χ4n) is 2.15. The van der Waals surface area contributed by atoms with Crippen molar-refractivity contribution in [3.8, 4) is 5.75 Å². The maximum absolute atomic E-state index is 12.3. The first-order valence-electron chi connectivity index (χ1n) is 7.63. The molecule has 0 atom stereocenters. The maximum Gasteiger partial charge on any atom is 0.255 e. The molecular formula is C19H16N4O2. The van der Waals surface area contributed by atoms with E-state index in [2.05, 4.69) is 20.5 Å². The minimum atomic E-state index is -0.207. The molecular weight excluding hydrogens is 316 g/mol. The van der Waals surface area contributed by atoms with Crippen molar-refractivity contribution >= 4 is 23.1 Å². The molecule has 25 heavy (non-hydrogen) atoms. The van der Waals surface area contributed by atoms with E-state index < -0.39 is 0 Å². The third-order valence-electron chi connectivity index (χ3n) is 3.39. The summed E-state index contributed by atoms with van der Waals surface area (Å²) in [6.45, 7) is 0. The topological polar surface area (TPSA) is 75.9 Å². The second-order valence-electron chi connectivity index (χ2n) is 5.09. The van der Waals surface area contributed by atoms with Crippen molar-refractivity contribution in [2.45, 2.75) is 0 Å². The highest BCUT2D eigenvalue weighted by Gasteiger charge is 2.10. The standard InChI is InChI=1S/C19H16N4O2/c1-25-17-13-15(22-23-18-9-5-6-12-20-18)10-11-16(17)21-19(24)14-7-3-2-4-8-14/h2-13H,1H3,(H,21,24)/b23-22-. The molecule has 0 aliphatic heterocycles. The van der Waals surface area contributed by atoms with Crippen LogP contribution in [0.3, 0.4) is 0 Å². The van der Waals surface area contributed by atoms with Gasteiger partial charge in [-0.1, -0.05) is 24.3 Å². The average Bonchev–Trinajstić information content (AvgIpc) is 2.68. The Morgan fingerprint density at radius 3 is 2.52 bits per heavy atom. The van der Waals surface area contributed by atoms with Crippen molar-refractivity contribution in [1.29, 1.82) is 0 Å². The SMILES string of the molecule is COc1cc(/N=N\c2ccccn2)ccc1NC(=O)c1ccccc1. The van der Waals surface area contributed by atoms with Crippen LogP contribution in [0.1, 0.15) is 10.4 Å². The summed E-state index contributed by atoms with van der Waals surface area (Å²) >= 11 is 0. The van der Waals surface area contributed by atoms with Crippen molar-refractivity contribution in [2.24, 2.45) is 10.2 Å². The van der Waals surface area contributed by atoms with E-state index in [-0.39, 0.29) is 5.91 Å². The van der Waals surface area contributed by atoms with E-state index in [1.54, 1.807) is 42.6 Å². The first-order valence-corrected chi connectivity index (χ1v) is 7.63. The highest BCUT2D eigenvalue weighted by atomic mass is 16.5. The van der Waals surface area contributed by atoms with Crippen LogP contribution in [0.5, 0.6) is 5.75 Å². The van der Waals surface area contributed by atoms with Crippen LogP contribution in [-0.4, -0.2) is 18.0 Å². The number of amides is 1. The summed E-state index contributed by atoms with van der Waals surface area (Å²) in [6.07, 6.45) is 1.65.